The molecule has 0 saturated carbocycles. The van der Waals surface area contributed by atoms with Crippen molar-refractivity contribution < 1.29 is 9.53 Å². The second kappa shape index (κ2) is 7.79. The summed E-state index contributed by atoms with van der Waals surface area (Å²) in [4.78, 5) is 14.1. The highest BCUT2D eigenvalue weighted by Gasteiger charge is 2.25. The smallest absolute Gasteiger partial charge is 0.309 e. The number of rotatable bonds is 5. The van der Waals surface area contributed by atoms with E-state index in [0.717, 1.165) is 43.4 Å². The van der Waals surface area contributed by atoms with Crippen molar-refractivity contribution in [2.24, 2.45) is 5.92 Å². The first-order chi connectivity index (χ1) is 9.69. The molecule has 0 radical (unpaired) electrons. The highest BCUT2D eigenvalue weighted by Crippen LogP contribution is 2.19. The van der Waals surface area contributed by atoms with Crippen molar-refractivity contribution in [3.8, 4) is 0 Å². The Kier molecular flexibility index (Phi) is 6.05. The Balaban J connectivity index is 1.72. The highest BCUT2D eigenvalue weighted by atomic mass is 79.9. The maximum absolute atomic E-state index is 11.7. The van der Waals surface area contributed by atoms with E-state index >= 15 is 0 Å². The van der Waals surface area contributed by atoms with E-state index in [4.69, 9.17) is 4.74 Å². The van der Waals surface area contributed by atoms with Gasteiger partial charge in [0.15, 0.2) is 0 Å². The maximum Gasteiger partial charge on any atom is 0.309 e. The molecule has 0 unspecified atom stereocenters. The first-order valence-electron chi connectivity index (χ1n) is 7.32. The third-order valence-electron chi connectivity index (χ3n) is 3.84. The number of esters is 1. The minimum atomic E-state index is -0.0138. The molecular formula is C16H22BrNO2. The Morgan fingerprint density at radius 1 is 1.30 bits per heavy atom. The first kappa shape index (κ1) is 15.5. The van der Waals surface area contributed by atoms with Gasteiger partial charge in [-0.25, -0.2) is 0 Å². The van der Waals surface area contributed by atoms with Crippen LogP contribution in [0.4, 0.5) is 0 Å². The lowest BCUT2D eigenvalue weighted by atomic mass is 9.96. The molecule has 1 aromatic rings. The summed E-state index contributed by atoms with van der Waals surface area (Å²) in [6.07, 6.45) is 2.93. The van der Waals surface area contributed by atoms with Crippen LogP contribution in [0.3, 0.4) is 0 Å². The Morgan fingerprint density at radius 3 is 2.55 bits per heavy atom. The van der Waals surface area contributed by atoms with Gasteiger partial charge in [0.25, 0.3) is 0 Å². The van der Waals surface area contributed by atoms with E-state index in [1.165, 1.54) is 5.56 Å². The molecule has 0 spiro atoms. The fraction of sp³-hybridized carbons (Fsp3) is 0.562. The predicted molar refractivity (Wildman–Crippen MR) is 83.6 cm³/mol. The van der Waals surface area contributed by atoms with Crippen LogP contribution in [0.1, 0.15) is 25.3 Å². The summed E-state index contributed by atoms with van der Waals surface area (Å²) in [6, 6.07) is 8.50. The van der Waals surface area contributed by atoms with Crippen molar-refractivity contribution in [2.45, 2.75) is 26.2 Å². The minimum absolute atomic E-state index is 0.0138. The van der Waals surface area contributed by atoms with Crippen LogP contribution in [-0.4, -0.2) is 37.1 Å². The Bertz CT molecular complexity index is 425. The average Bonchev–Trinajstić information content (AvgIpc) is 2.47. The summed E-state index contributed by atoms with van der Waals surface area (Å²) >= 11 is 3.45. The second-order valence-corrected chi connectivity index (χ2v) is 6.16. The van der Waals surface area contributed by atoms with Crippen molar-refractivity contribution in [1.82, 2.24) is 4.90 Å². The molecular weight excluding hydrogens is 318 g/mol. The molecule has 1 fully saturated rings. The average molecular weight is 340 g/mol. The molecule has 2 rings (SSSR count). The van der Waals surface area contributed by atoms with Crippen molar-refractivity contribution >= 4 is 21.9 Å². The number of carbonyl (C=O) groups is 1. The zero-order valence-corrected chi connectivity index (χ0v) is 13.6. The van der Waals surface area contributed by atoms with E-state index in [1.807, 2.05) is 6.92 Å². The van der Waals surface area contributed by atoms with Gasteiger partial charge in [-0.15, -0.1) is 0 Å². The molecule has 4 heteroatoms. The number of benzene rings is 1. The van der Waals surface area contributed by atoms with Crippen molar-refractivity contribution in [3.63, 3.8) is 0 Å². The molecule has 3 nitrogen and oxygen atoms in total. The third-order valence-corrected chi connectivity index (χ3v) is 4.37. The number of hydrogen-bond acceptors (Lipinski definition) is 3. The molecule has 1 heterocycles. The van der Waals surface area contributed by atoms with Crippen molar-refractivity contribution in [2.75, 3.05) is 26.2 Å². The van der Waals surface area contributed by atoms with Gasteiger partial charge in [0.1, 0.15) is 0 Å². The molecule has 1 aromatic carbocycles. The van der Waals surface area contributed by atoms with E-state index < -0.39 is 0 Å². The lowest BCUT2D eigenvalue weighted by Gasteiger charge is -2.30. The Morgan fingerprint density at radius 2 is 1.95 bits per heavy atom. The van der Waals surface area contributed by atoms with Gasteiger partial charge in [-0.05, 0) is 57.0 Å². The van der Waals surface area contributed by atoms with Gasteiger partial charge >= 0.3 is 5.97 Å². The van der Waals surface area contributed by atoms with Gasteiger partial charge in [0.05, 0.1) is 12.5 Å². The molecule has 20 heavy (non-hydrogen) atoms. The van der Waals surface area contributed by atoms with Crippen LogP contribution in [0.5, 0.6) is 0 Å². The molecule has 110 valence electrons. The predicted octanol–water partition coefficient (Wildman–Crippen LogP) is 3.27. The number of nitrogens with zero attached hydrogens (tertiary/aromatic N) is 1. The van der Waals surface area contributed by atoms with Crippen LogP contribution in [-0.2, 0) is 16.0 Å². The zero-order valence-electron chi connectivity index (χ0n) is 12.0. The quantitative estimate of drug-likeness (QED) is 0.771. The van der Waals surface area contributed by atoms with Gasteiger partial charge < -0.3 is 9.64 Å². The fourth-order valence-electron chi connectivity index (χ4n) is 2.59. The molecule has 0 atom stereocenters. The van der Waals surface area contributed by atoms with Gasteiger partial charge in [-0.3, -0.25) is 4.79 Å². The van der Waals surface area contributed by atoms with Crippen LogP contribution >= 0.6 is 15.9 Å². The maximum atomic E-state index is 11.7. The molecule has 0 N–H and O–H groups in total. The molecule has 1 saturated heterocycles. The lowest BCUT2D eigenvalue weighted by Crippen LogP contribution is -2.38. The van der Waals surface area contributed by atoms with Crippen LogP contribution in [0.25, 0.3) is 0 Å². The summed E-state index contributed by atoms with van der Waals surface area (Å²) < 4.78 is 6.22. The van der Waals surface area contributed by atoms with Gasteiger partial charge in [-0.1, -0.05) is 28.1 Å². The van der Waals surface area contributed by atoms with Crippen molar-refractivity contribution in [3.05, 3.63) is 34.3 Å². The number of hydrogen-bond donors (Lipinski definition) is 0. The first-order valence-corrected chi connectivity index (χ1v) is 8.11. The van der Waals surface area contributed by atoms with Crippen LogP contribution in [0.2, 0.25) is 0 Å². The molecule has 0 bridgehead atoms. The number of carbonyl (C=O) groups excluding carboxylic acids is 1. The normalized spacial score (nSPS) is 17.1. The van der Waals surface area contributed by atoms with Crippen molar-refractivity contribution in [1.29, 1.82) is 0 Å². The second-order valence-electron chi connectivity index (χ2n) is 5.24. The summed E-state index contributed by atoms with van der Waals surface area (Å²) in [5.41, 5.74) is 1.36. The molecule has 1 aliphatic heterocycles. The number of piperidine rings is 1. The number of likely N-dealkylation sites (tertiary alicyclic amines) is 1. The molecule has 0 amide bonds. The van der Waals surface area contributed by atoms with Gasteiger partial charge in [-0.2, -0.15) is 0 Å². The topological polar surface area (TPSA) is 29.5 Å². The largest absolute Gasteiger partial charge is 0.466 e. The van der Waals surface area contributed by atoms with Crippen LogP contribution in [0, 0.1) is 5.92 Å². The highest BCUT2D eigenvalue weighted by molar-refractivity contribution is 9.10. The molecule has 1 aliphatic rings. The lowest BCUT2D eigenvalue weighted by molar-refractivity contribution is -0.149. The summed E-state index contributed by atoms with van der Waals surface area (Å²) in [5, 5.41) is 0. The van der Waals surface area contributed by atoms with E-state index in [2.05, 4.69) is 45.1 Å². The molecule has 0 aromatic heterocycles. The summed E-state index contributed by atoms with van der Waals surface area (Å²) in [6.45, 7) is 5.42. The van der Waals surface area contributed by atoms with E-state index in [-0.39, 0.29) is 11.9 Å². The monoisotopic (exact) mass is 339 g/mol. The van der Waals surface area contributed by atoms with E-state index in [1.54, 1.807) is 0 Å². The standard InChI is InChI=1S/C16H22BrNO2/c1-2-20-16(19)14-8-11-18(12-9-14)10-7-13-3-5-15(17)6-4-13/h3-6,14H,2,7-12H2,1H3. The SMILES string of the molecule is CCOC(=O)C1CCN(CCc2ccc(Br)cc2)CC1. The third kappa shape index (κ3) is 4.60. The summed E-state index contributed by atoms with van der Waals surface area (Å²) in [7, 11) is 0. The van der Waals surface area contributed by atoms with Gasteiger partial charge in [0.2, 0.25) is 0 Å². The summed E-state index contributed by atoms with van der Waals surface area (Å²) in [5.74, 6) is 0.0962. The van der Waals surface area contributed by atoms with E-state index in [0.29, 0.717) is 6.61 Å². The van der Waals surface area contributed by atoms with E-state index in [9.17, 15) is 4.79 Å². The van der Waals surface area contributed by atoms with Crippen LogP contribution in [0.15, 0.2) is 28.7 Å². The number of halogens is 1. The fourth-order valence-corrected chi connectivity index (χ4v) is 2.86. The van der Waals surface area contributed by atoms with Gasteiger partial charge in [0, 0.05) is 11.0 Å². The Hall–Kier alpha value is -0.870. The Labute approximate surface area is 129 Å². The molecule has 0 aliphatic carbocycles. The van der Waals surface area contributed by atoms with Crippen LogP contribution < -0.4 is 0 Å². The number of ether oxygens (including phenoxy) is 1. The zero-order chi connectivity index (χ0) is 14.4. The minimum Gasteiger partial charge on any atom is -0.466 e.